The van der Waals surface area contributed by atoms with Crippen LogP contribution in [0, 0.1) is 0 Å². The van der Waals surface area contributed by atoms with Crippen molar-refractivity contribution < 1.29 is 9.15 Å². The summed E-state index contributed by atoms with van der Waals surface area (Å²) in [6.07, 6.45) is 4.89. The molecule has 0 radical (unpaired) electrons. The van der Waals surface area contributed by atoms with Gasteiger partial charge >= 0.3 is 0 Å². The zero-order chi connectivity index (χ0) is 12.7. The second-order valence-electron chi connectivity index (χ2n) is 5.02. The van der Waals surface area contributed by atoms with Crippen molar-refractivity contribution in [2.24, 2.45) is 0 Å². The van der Waals surface area contributed by atoms with Crippen LogP contribution >= 0.6 is 0 Å². The number of nitrogens with one attached hydrogen (secondary N) is 1. The summed E-state index contributed by atoms with van der Waals surface area (Å²) in [5.74, 6) is 1.02. The van der Waals surface area contributed by atoms with Crippen molar-refractivity contribution in [1.82, 2.24) is 5.32 Å². The van der Waals surface area contributed by atoms with Crippen molar-refractivity contribution in [3.63, 3.8) is 0 Å². The predicted octanol–water partition coefficient (Wildman–Crippen LogP) is 3.53. The lowest BCUT2D eigenvalue weighted by atomic mass is 9.97. The van der Waals surface area contributed by atoms with Gasteiger partial charge in [0, 0.05) is 7.11 Å². The molecule has 98 valence electrons. The maximum absolute atomic E-state index is 5.49. The fraction of sp³-hybridized carbons (Fsp3) is 0.714. The Balaban J connectivity index is 2.53. The van der Waals surface area contributed by atoms with Gasteiger partial charge in [-0.25, -0.2) is 0 Å². The summed E-state index contributed by atoms with van der Waals surface area (Å²) < 4.78 is 10.9. The van der Waals surface area contributed by atoms with E-state index in [2.05, 4.69) is 26.1 Å². The molecule has 0 spiro atoms. The molecule has 3 nitrogen and oxygen atoms in total. The Morgan fingerprint density at radius 1 is 1.47 bits per heavy atom. The van der Waals surface area contributed by atoms with Gasteiger partial charge in [0.25, 0.3) is 0 Å². The Labute approximate surface area is 105 Å². The maximum atomic E-state index is 5.49. The lowest BCUT2D eigenvalue weighted by molar-refractivity contribution is 0.0112. The van der Waals surface area contributed by atoms with Gasteiger partial charge in [-0.3, -0.25) is 0 Å². The molecule has 1 unspecified atom stereocenters. The van der Waals surface area contributed by atoms with Crippen molar-refractivity contribution in [2.75, 3.05) is 13.7 Å². The monoisotopic (exact) mass is 239 g/mol. The van der Waals surface area contributed by atoms with Crippen LogP contribution in [-0.2, 0) is 4.74 Å². The highest BCUT2D eigenvalue weighted by Crippen LogP contribution is 2.24. The summed E-state index contributed by atoms with van der Waals surface area (Å²) in [4.78, 5) is 0. The molecule has 0 aliphatic rings. The third-order valence-electron chi connectivity index (χ3n) is 3.12. The van der Waals surface area contributed by atoms with E-state index in [0.717, 1.165) is 31.6 Å². The van der Waals surface area contributed by atoms with E-state index in [1.807, 2.05) is 12.1 Å². The third kappa shape index (κ3) is 4.92. The Bertz CT molecular complexity index is 293. The molecule has 1 N–H and O–H groups in total. The molecule has 0 bridgehead atoms. The van der Waals surface area contributed by atoms with E-state index < -0.39 is 0 Å². The second kappa shape index (κ2) is 6.82. The van der Waals surface area contributed by atoms with E-state index in [-0.39, 0.29) is 5.60 Å². The fourth-order valence-corrected chi connectivity index (χ4v) is 1.75. The van der Waals surface area contributed by atoms with Gasteiger partial charge in [-0.1, -0.05) is 6.92 Å². The third-order valence-corrected chi connectivity index (χ3v) is 3.12. The van der Waals surface area contributed by atoms with Crippen molar-refractivity contribution in [3.8, 4) is 0 Å². The van der Waals surface area contributed by atoms with Crippen LogP contribution in [0.15, 0.2) is 22.8 Å². The van der Waals surface area contributed by atoms with Crippen molar-refractivity contribution >= 4 is 0 Å². The highest BCUT2D eigenvalue weighted by Gasteiger charge is 2.21. The first-order valence-corrected chi connectivity index (χ1v) is 6.41. The summed E-state index contributed by atoms with van der Waals surface area (Å²) in [6, 6.07) is 4.27. The number of hydrogen-bond acceptors (Lipinski definition) is 3. The molecule has 0 aliphatic carbocycles. The average Bonchev–Trinajstić information content (AvgIpc) is 2.83. The van der Waals surface area contributed by atoms with Crippen LogP contribution in [0.3, 0.4) is 0 Å². The molecule has 0 amide bonds. The van der Waals surface area contributed by atoms with Crippen molar-refractivity contribution in [1.29, 1.82) is 0 Å². The molecule has 1 rings (SSSR count). The highest BCUT2D eigenvalue weighted by molar-refractivity contribution is 5.04. The van der Waals surface area contributed by atoms with Crippen molar-refractivity contribution in [3.05, 3.63) is 24.2 Å². The number of ether oxygens (including phenoxy) is 1. The SMILES string of the molecule is CCCNC(CCC(C)(C)OC)c1ccco1. The van der Waals surface area contributed by atoms with Gasteiger partial charge in [-0.05, 0) is 51.8 Å². The topological polar surface area (TPSA) is 34.4 Å². The summed E-state index contributed by atoms with van der Waals surface area (Å²) in [5, 5.41) is 3.52. The fourth-order valence-electron chi connectivity index (χ4n) is 1.75. The molecular formula is C14H25NO2. The van der Waals surface area contributed by atoms with Gasteiger partial charge in [-0.2, -0.15) is 0 Å². The van der Waals surface area contributed by atoms with Crippen LogP contribution in [0.4, 0.5) is 0 Å². The molecule has 0 fully saturated rings. The minimum absolute atomic E-state index is 0.0707. The Morgan fingerprint density at radius 3 is 2.76 bits per heavy atom. The summed E-state index contributed by atoms with van der Waals surface area (Å²) in [5.41, 5.74) is -0.0707. The number of hydrogen-bond donors (Lipinski definition) is 1. The molecule has 1 heterocycles. The first-order chi connectivity index (χ1) is 8.09. The zero-order valence-electron chi connectivity index (χ0n) is 11.5. The Kier molecular flexibility index (Phi) is 5.72. The number of rotatable bonds is 8. The van der Waals surface area contributed by atoms with E-state index in [9.17, 15) is 0 Å². The van der Waals surface area contributed by atoms with E-state index in [0.29, 0.717) is 6.04 Å². The standard InChI is InChI=1S/C14H25NO2/c1-5-10-15-12(13-7-6-11-17-13)8-9-14(2,3)16-4/h6-7,11-12,15H,5,8-10H2,1-4H3. The van der Waals surface area contributed by atoms with Crippen LogP contribution in [-0.4, -0.2) is 19.3 Å². The van der Waals surface area contributed by atoms with Crippen LogP contribution in [0.25, 0.3) is 0 Å². The Morgan fingerprint density at radius 2 is 2.24 bits per heavy atom. The average molecular weight is 239 g/mol. The molecule has 1 aromatic rings. The smallest absolute Gasteiger partial charge is 0.120 e. The number of methoxy groups -OCH3 is 1. The molecule has 1 aromatic heterocycles. The molecule has 3 heteroatoms. The molecule has 1 atom stereocenters. The van der Waals surface area contributed by atoms with Gasteiger partial charge in [-0.15, -0.1) is 0 Å². The minimum atomic E-state index is -0.0707. The molecule has 0 saturated carbocycles. The van der Waals surface area contributed by atoms with Gasteiger partial charge in [0.1, 0.15) is 5.76 Å². The predicted molar refractivity (Wildman–Crippen MR) is 70.1 cm³/mol. The first kappa shape index (κ1) is 14.3. The molecular weight excluding hydrogens is 214 g/mol. The van der Waals surface area contributed by atoms with Gasteiger partial charge < -0.3 is 14.5 Å². The molecule has 17 heavy (non-hydrogen) atoms. The largest absolute Gasteiger partial charge is 0.468 e. The van der Waals surface area contributed by atoms with Gasteiger partial charge in [0.15, 0.2) is 0 Å². The van der Waals surface area contributed by atoms with Crippen LogP contribution in [0.2, 0.25) is 0 Å². The van der Waals surface area contributed by atoms with Crippen LogP contribution in [0.1, 0.15) is 51.8 Å². The van der Waals surface area contributed by atoms with Crippen LogP contribution in [0.5, 0.6) is 0 Å². The maximum Gasteiger partial charge on any atom is 0.120 e. The van der Waals surface area contributed by atoms with Gasteiger partial charge in [0.2, 0.25) is 0 Å². The van der Waals surface area contributed by atoms with E-state index in [1.54, 1.807) is 13.4 Å². The highest BCUT2D eigenvalue weighted by atomic mass is 16.5. The zero-order valence-corrected chi connectivity index (χ0v) is 11.5. The molecule has 0 aromatic carbocycles. The lowest BCUT2D eigenvalue weighted by Gasteiger charge is -2.25. The molecule has 0 aliphatic heterocycles. The van der Waals surface area contributed by atoms with E-state index in [1.165, 1.54) is 0 Å². The molecule has 0 saturated heterocycles. The van der Waals surface area contributed by atoms with Crippen LogP contribution < -0.4 is 5.32 Å². The normalized spacial score (nSPS) is 13.9. The second-order valence-corrected chi connectivity index (χ2v) is 5.02. The number of furan rings is 1. The minimum Gasteiger partial charge on any atom is -0.468 e. The van der Waals surface area contributed by atoms with Gasteiger partial charge in [0.05, 0.1) is 17.9 Å². The lowest BCUT2D eigenvalue weighted by Crippen LogP contribution is -2.27. The quantitative estimate of drug-likeness (QED) is 0.753. The summed E-state index contributed by atoms with van der Waals surface area (Å²) in [6.45, 7) is 7.42. The van der Waals surface area contributed by atoms with E-state index in [4.69, 9.17) is 9.15 Å². The van der Waals surface area contributed by atoms with Crippen molar-refractivity contribution in [2.45, 2.75) is 51.7 Å². The van der Waals surface area contributed by atoms with E-state index >= 15 is 0 Å². The summed E-state index contributed by atoms with van der Waals surface area (Å²) >= 11 is 0. The summed E-state index contributed by atoms with van der Waals surface area (Å²) in [7, 11) is 1.77. The first-order valence-electron chi connectivity index (χ1n) is 6.41. The Hall–Kier alpha value is -0.800.